The third kappa shape index (κ3) is 4.43. The zero-order valence-electron chi connectivity index (χ0n) is 13.7. The molecule has 0 aliphatic rings. The predicted octanol–water partition coefficient (Wildman–Crippen LogP) is 4.11. The second kappa shape index (κ2) is 7.23. The van der Waals surface area contributed by atoms with E-state index in [1.807, 2.05) is 18.2 Å². The second-order valence-corrected chi connectivity index (χ2v) is 5.83. The van der Waals surface area contributed by atoms with Crippen molar-refractivity contribution in [1.29, 1.82) is 0 Å². The molecule has 0 saturated heterocycles. The van der Waals surface area contributed by atoms with Crippen LogP contribution in [0.2, 0.25) is 0 Å². The van der Waals surface area contributed by atoms with E-state index in [0.717, 1.165) is 17.8 Å². The molecule has 0 aliphatic carbocycles. The molecule has 1 amide bonds. The van der Waals surface area contributed by atoms with Gasteiger partial charge in [0.2, 0.25) is 5.91 Å². The third-order valence-electron chi connectivity index (χ3n) is 3.89. The van der Waals surface area contributed by atoms with Crippen LogP contribution in [0.1, 0.15) is 42.1 Å². The first-order valence-electron chi connectivity index (χ1n) is 7.63. The van der Waals surface area contributed by atoms with Crippen LogP contribution in [0.3, 0.4) is 0 Å². The topological polar surface area (TPSA) is 41.1 Å². The summed E-state index contributed by atoms with van der Waals surface area (Å²) in [6.07, 6.45) is 0. The number of nitrogens with one attached hydrogen (secondary N) is 2. The number of aryl methyl sites for hydroxylation is 2. The SMILES string of the molecule is CC(=O)Nc1cccc([C@H](C)NCc2ccc(C)c(C)c2)c1. The molecular weight excluding hydrogens is 272 g/mol. The van der Waals surface area contributed by atoms with Crippen molar-refractivity contribution in [2.24, 2.45) is 0 Å². The molecule has 2 aromatic carbocycles. The van der Waals surface area contributed by atoms with E-state index in [4.69, 9.17) is 0 Å². The van der Waals surface area contributed by atoms with Gasteiger partial charge in [-0.15, -0.1) is 0 Å². The lowest BCUT2D eigenvalue weighted by atomic mass is 10.0. The average Bonchev–Trinajstić information content (AvgIpc) is 2.48. The number of hydrogen-bond donors (Lipinski definition) is 2. The van der Waals surface area contributed by atoms with Gasteiger partial charge in [0.05, 0.1) is 0 Å². The second-order valence-electron chi connectivity index (χ2n) is 5.83. The molecule has 2 N–H and O–H groups in total. The highest BCUT2D eigenvalue weighted by molar-refractivity contribution is 5.88. The summed E-state index contributed by atoms with van der Waals surface area (Å²) < 4.78 is 0. The Bertz CT molecular complexity index is 664. The van der Waals surface area contributed by atoms with Gasteiger partial charge in [0.25, 0.3) is 0 Å². The molecule has 0 bridgehead atoms. The van der Waals surface area contributed by atoms with E-state index in [1.54, 1.807) is 0 Å². The third-order valence-corrected chi connectivity index (χ3v) is 3.89. The molecule has 0 unspecified atom stereocenters. The zero-order chi connectivity index (χ0) is 16.1. The van der Waals surface area contributed by atoms with E-state index >= 15 is 0 Å². The molecule has 2 aromatic rings. The van der Waals surface area contributed by atoms with Gasteiger partial charge in [0, 0.05) is 25.2 Å². The first-order valence-corrected chi connectivity index (χ1v) is 7.63. The smallest absolute Gasteiger partial charge is 0.221 e. The summed E-state index contributed by atoms with van der Waals surface area (Å²) in [7, 11) is 0. The Balaban J connectivity index is 2.01. The van der Waals surface area contributed by atoms with Crippen LogP contribution in [0, 0.1) is 13.8 Å². The van der Waals surface area contributed by atoms with Crippen molar-refractivity contribution < 1.29 is 4.79 Å². The fourth-order valence-corrected chi connectivity index (χ4v) is 2.39. The summed E-state index contributed by atoms with van der Waals surface area (Å²) in [5.74, 6) is -0.0482. The maximum absolute atomic E-state index is 11.1. The van der Waals surface area contributed by atoms with E-state index in [0.29, 0.717) is 0 Å². The molecule has 3 heteroatoms. The molecule has 0 fully saturated rings. The zero-order valence-corrected chi connectivity index (χ0v) is 13.7. The Morgan fingerprint density at radius 1 is 1.09 bits per heavy atom. The van der Waals surface area contributed by atoms with Crippen LogP contribution in [0.4, 0.5) is 5.69 Å². The molecule has 0 saturated carbocycles. The van der Waals surface area contributed by atoms with Crippen LogP contribution in [0.15, 0.2) is 42.5 Å². The molecular formula is C19H24N2O. The highest BCUT2D eigenvalue weighted by atomic mass is 16.1. The van der Waals surface area contributed by atoms with Gasteiger partial charge in [-0.2, -0.15) is 0 Å². The summed E-state index contributed by atoms with van der Waals surface area (Å²) >= 11 is 0. The minimum atomic E-state index is -0.0482. The van der Waals surface area contributed by atoms with E-state index in [-0.39, 0.29) is 11.9 Å². The van der Waals surface area contributed by atoms with E-state index in [2.05, 4.69) is 55.7 Å². The lowest BCUT2D eigenvalue weighted by molar-refractivity contribution is -0.114. The van der Waals surface area contributed by atoms with Gasteiger partial charge >= 0.3 is 0 Å². The van der Waals surface area contributed by atoms with Gasteiger partial charge in [0.15, 0.2) is 0 Å². The first kappa shape index (κ1) is 16.2. The predicted molar refractivity (Wildman–Crippen MR) is 91.9 cm³/mol. The molecule has 0 heterocycles. The lowest BCUT2D eigenvalue weighted by Gasteiger charge is -2.16. The van der Waals surface area contributed by atoms with Gasteiger partial charge in [0.1, 0.15) is 0 Å². The Kier molecular flexibility index (Phi) is 5.34. The number of hydrogen-bond acceptors (Lipinski definition) is 2. The van der Waals surface area contributed by atoms with Crippen LogP contribution in [0.25, 0.3) is 0 Å². The van der Waals surface area contributed by atoms with Crippen LogP contribution >= 0.6 is 0 Å². The Labute approximate surface area is 132 Å². The van der Waals surface area contributed by atoms with E-state index in [9.17, 15) is 4.79 Å². The standard InChI is InChI=1S/C19H24N2O/c1-13-8-9-17(10-14(13)2)12-20-15(3)18-6-5-7-19(11-18)21-16(4)22/h5-11,15,20H,12H2,1-4H3,(H,21,22)/t15-/m0/s1. The van der Waals surface area contributed by atoms with Crippen molar-refractivity contribution in [2.75, 3.05) is 5.32 Å². The Morgan fingerprint density at radius 2 is 1.86 bits per heavy atom. The molecule has 0 aromatic heterocycles. The number of rotatable bonds is 5. The van der Waals surface area contributed by atoms with Crippen molar-refractivity contribution in [3.05, 3.63) is 64.7 Å². The fraction of sp³-hybridized carbons (Fsp3) is 0.316. The minimum Gasteiger partial charge on any atom is -0.326 e. The van der Waals surface area contributed by atoms with E-state index < -0.39 is 0 Å². The normalized spacial score (nSPS) is 12.0. The van der Waals surface area contributed by atoms with Crippen LogP contribution in [-0.2, 0) is 11.3 Å². The number of carbonyl (C=O) groups is 1. The van der Waals surface area contributed by atoms with Gasteiger partial charge in [-0.25, -0.2) is 0 Å². The summed E-state index contributed by atoms with van der Waals surface area (Å²) in [5, 5.41) is 6.35. The molecule has 2 rings (SSSR count). The maximum Gasteiger partial charge on any atom is 0.221 e. The number of anilines is 1. The molecule has 0 aliphatic heterocycles. The highest BCUT2D eigenvalue weighted by Crippen LogP contribution is 2.18. The number of carbonyl (C=O) groups excluding carboxylic acids is 1. The van der Waals surface area contributed by atoms with Crippen LogP contribution in [-0.4, -0.2) is 5.91 Å². The monoisotopic (exact) mass is 296 g/mol. The molecule has 22 heavy (non-hydrogen) atoms. The van der Waals surface area contributed by atoms with E-state index in [1.165, 1.54) is 23.6 Å². The summed E-state index contributed by atoms with van der Waals surface area (Å²) in [6, 6.07) is 14.7. The van der Waals surface area contributed by atoms with Gasteiger partial charge in [-0.3, -0.25) is 4.79 Å². The van der Waals surface area contributed by atoms with Crippen LogP contribution in [0.5, 0.6) is 0 Å². The number of amides is 1. The molecule has 3 nitrogen and oxygen atoms in total. The Morgan fingerprint density at radius 3 is 2.55 bits per heavy atom. The summed E-state index contributed by atoms with van der Waals surface area (Å²) in [6.45, 7) is 8.75. The first-order chi connectivity index (χ1) is 10.5. The Hall–Kier alpha value is -2.13. The molecule has 116 valence electrons. The summed E-state index contributed by atoms with van der Waals surface area (Å²) in [4.78, 5) is 11.1. The molecule has 0 radical (unpaired) electrons. The van der Waals surface area contributed by atoms with Gasteiger partial charge in [-0.1, -0.05) is 30.3 Å². The fourth-order valence-electron chi connectivity index (χ4n) is 2.39. The largest absolute Gasteiger partial charge is 0.326 e. The van der Waals surface area contributed by atoms with Crippen LogP contribution < -0.4 is 10.6 Å². The maximum atomic E-state index is 11.1. The van der Waals surface area contributed by atoms with Gasteiger partial charge < -0.3 is 10.6 Å². The van der Waals surface area contributed by atoms with Crippen molar-refractivity contribution >= 4 is 11.6 Å². The van der Waals surface area contributed by atoms with Crippen molar-refractivity contribution in [3.8, 4) is 0 Å². The van der Waals surface area contributed by atoms with Crippen molar-refractivity contribution in [1.82, 2.24) is 5.32 Å². The lowest BCUT2D eigenvalue weighted by Crippen LogP contribution is -2.18. The average molecular weight is 296 g/mol. The molecule has 1 atom stereocenters. The summed E-state index contributed by atoms with van der Waals surface area (Å²) in [5.41, 5.74) is 5.92. The quantitative estimate of drug-likeness (QED) is 0.871. The van der Waals surface area contributed by atoms with Crippen molar-refractivity contribution in [2.45, 2.75) is 40.3 Å². The minimum absolute atomic E-state index is 0.0482. The molecule has 0 spiro atoms. The van der Waals surface area contributed by atoms with Crippen molar-refractivity contribution in [3.63, 3.8) is 0 Å². The number of benzene rings is 2. The van der Waals surface area contributed by atoms with Gasteiger partial charge in [-0.05, 0) is 55.2 Å². The highest BCUT2D eigenvalue weighted by Gasteiger charge is 2.06.